The average molecular weight is 595 g/mol. The highest BCUT2D eigenvalue weighted by molar-refractivity contribution is 5.88. The highest BCUT2D eigenvalue weighted by atomic mass is 35.5. The molecule has 1 unspecified atom stereocenters. The van der Waals surface area contributed by atoms with Crippen molar-refractivity contribution in [3.63, 3.8) is 0 Å². The van der Waals surface area contributed by atoms with Crippen LogP contribution < -0.4 is 9.47 Å². The fourth-order valence-corrected chi connectivity index (χ4v) is 6.13. The molecular formula is C30H38Cl2FN3O4. The highest BCUT2D eigenvalue weighted by Crippen LogP contribution is 2.39. The van der Waals surface area contributed by atoms with E-state index in [2.05, 4.69) is 20.9 Å². The Bertz CT molecular complexity index is 1460. The van der Waals surface area contributed by atoms with Gasteiger partial charge in [0.05, 0.1) is 5.52 Å². The number of halogens is 3. The maximum atomic E-state index is 14.0. The number of aromatic amines is 1. The van der Waals surface area contributed by atoms with E-state index in [4.69, 9.17) is 9.47 Å². The number of ether oxygens (including phenoxy) is 2. The lowest BCUT2D eigenvalue weighted by atomic mass is 9.86. The molecule has 3 aliphatic rings. The van der Waals surface area contributed by atoms with Crippen molar-refractivity contribution in [1.82, 2.24) is 14.9 Å². The van der Waals surface area contributed by atoms with Crippen LogP contribution in [0.4, 0.5) is 4.39 Å². The van der Waals surface area contributed by atoms with Gasteiger partial charge in [0.25, 0.3) is 0 Å². The first kappa shape index (κ1) is 31.9. The maximum absolute atomic E-state index is 14.0. The molecule has 1 fully saturated rings. The van der Waals surface area contributed by atoms with Crippen LogP contribution in [0.25, 0.3) is 21.8 Å². The number of pyridine rings is 1. The molecule has 4 aromatic rings. The van der Waals surface area contributed by atoms with E-state index in [1.54, 1.807) is 12.1 Å². The Hall–Kier alpha value is -2.62. The van der Waals surface area contributed by atoms with Crippen molar-refractivity contribution in [2.45, 2.75) is 45.1 Å². The normalized spacial score (nSPS) is 19.2. The molecule has 0 radical (unpaired) electrons. The second-order valence-corrected chi connectivity index (χ2v) is 11.0. The van der Waals surface area contributed by atoms with Gasteiger partial charge in [-0.15, -0.1) is 24.8 Å². The Morgan fingerprint density at radius 2 is 1.75 bits per heavy atom. The second kappa shape index (κ2) is 12.9. The molecule has 0 saturated heterocycles. The molecule has 10 heteroatoms. The van der Waals surface area contributed by atoms with Crippen LogP contribution in [0.2, 0.25) is 0 Å². The molecule has 218 valence electrons. The van der Waals surface area contributed by atoms with E-state index in [-0.39, 0.29) is 47.7 Å². The van der Waals surface area contributed by atoms with Crippen LogP contribution in [0.15, 0.2) is 42.5 Å². The molecule has 0 spiro atoms. The van der Waals surface area contributed by atoms with E-state index in [0.717, 1.165) is 83.8 Å². The molecule has 7 nitrogen and oxygen atoms in total. The van der Waals surface area contributed by atoms with Gasteiger partial charge in [-0.05, 0) is 98.9 Å². The second-order valence-electron chi connectivity index (χ2n) is 11.0. The van der Waals surface area contributed by atoms with E-state index in [9.17, 15) is 4.39 Å². The summed E-state index contributed by atoms with van der Waals surface area (Å²) in [6, 6.07) is 13.2. The standard InChI is InChI=1S/C30H32FN3O2.2ClH.2H2O/c1-18-2-7-23-26(32-18)10-11-29-30(23)36-22(17-35-29)16-34(14-19-3-4-19)15-20-5-8-27-24(12-20)25-13-21(31)6-9-28(25)33-27;;;;/h2,6-7,9-11,13,19-20,22,33H,3-5,8,12,14-17H2,1H3;2*1H;2*1H2/t20?,22-;;;;/m0..../s1. The summed E-state index contributed by atoms with van der Waals surface area (Å²) in [7, 11) is 0. The van der Waals surface area contributed by atoms with E-state index in [1.165, 1.54) is 24.1 Å². The van der Waals surface area contributed by atoms with Gasteiger partial charge in [-0.2, -0.15) is 0 Å². The fraction of sp³-hybridized carbons (Fsp3) is 0.433. The maximum Gasteiger partial charge on any atom is 0.171 e. The minimum absolute atomic E-state index is 0. The molecule has 1 aliphatic heterocycles. The highest BCUT2D eigenvalue weighted by Gasteiger charge is 2.32. The average Bonchev–Trinajstić information content (AvgIpc) is 3.62. The zero-order valence-corrected chi connectivity index (χ0v) is 24.2. The summed E-state index contributed by atoms with van der Waals surface area (Å²) >= 11 is 0. The van der Waals surface area contributed by atoms with E-state index >= 15 is 0 Å². The third-order valence-electron chi connectivity index (χ3n) is 8.08. The first-order valence-electron chi connectivity index (χ1n) is 13.3. The summed E-state index contributed by atoms with van der Waals surface area (Å²) in [5.41, 5.74) is 5.60. The smallest absolute Gasteiger partial charge is 0.171 e. The fourth-order valence-electron chi connectivity index (χ4n) is 6.13. The van der Waals surface area contributed by atoms with Crippen LogP contribution in [0.1, 0.15) is 36.2 Å². The van der Waals surface area contributed by atoms with Crippen molar-refractivity contribution >= 4 is 46.6 Å². The third kappa shape index (κ3) is 6.31. The predicted molar refractivity (Wildman–Crippen MR) is 161 cm³/mol. The van der Waals surface area contributed by atoms with Crippen LogP contribution in [0, 0.1) is 24.6 Å². The summed E-state index contributed by atoms with van der Waals surface area (Å²) in [4.78, 5) is 10.8. The summed E-state index contributed by atoms with van der Waals surface area (Å²) in [5, 5.41) is 2.07. The van der Waals surface area contributed by atoms with E-state index in [0.29, 0.717) is 12.5 Å². The first-order chi connectivity index (χ1) is 17.6. The van der Waals surface area contributed by atoms with Gasteiger partial charge in [0.1, 0.15) is 18.5 Å². The molecular weight excluding hydrogens is 556 g/mol. The molecule has 1 saturated carbocycles. The molecule has 7 rings (SSSR count). The lowest BCUT2D eigenvalue weighted by Crippen LogP contribution is -2.44. The van der Waals surface area contributed by atoms with Gasteiger partial charge >= 0.3 is 0 Å². The monoisotopic (exact) mass is 593 g/mol. The number of hydrogen-bond acceptors (Lipinski definition) is 4. The summed E-state index contributed by atoms with van der Waals surface area (Å²) in [6.07, 6.45) is 5.83. The van der Waals surface area contributed by atoms with Crippen molar-refractivity contribution in [2.75, 3.05) is 26.2 Å². The Balaban J connectivity index is 0.00000110. The summed E-state index contributed by atoms with van der Waals surface area (Å²) < 4.78 is 26.7. The van der Waals surface area contributed by atoms with Crippen molar-refractivity contribution < 1.29 is 24.8 Å². The van der Waals surface area contributed by atoms with Crippen molar-refractivity contribution in [1.29, 1.82) is 0 Å². The Labute approximate surface area is 245 Å². The van der Waals surface area contributed by atoms with Crippen molar-refractivity contribution in [3.8, 4) is 11.5 Å². The molecule has 2 aromatic carbocycles. The molecule has 2 aromatic heterocycles. The zero-order valence-electron chi connectivity index (χ0n) is 22.5. The first-order valence-corrected chi connectivity index (χ1v) is 13.3. The quantitative estimate of drug-likeness (QED) is 0.338. The number of nitrogens with one attached hydrogen (secondary N) is 1. The number of rotatable bonds is 6. The SMILES string of the molecule is Cc1ccc2c3c(ccc2n1)OC[C@H](CN(CC1CC1)CC1CCc2[nH]c4ccc(F)cc4c2C1)O3.Cl.Cl.O.O. The van der Waals surface area contributed by atoms with Crippen LogP contribution in [-0.4, -0.2) is 58.2 Å². The Kier molecular flexibility index (Phi) is 10.3. The number of fused-ring (bicyclic) bond motifs is 6. The molecule has 2 atom stereocenters. The van der Waals surface area contributed by atoms with Gasteiger partial charge < -0.3 is 25.4 Å². The largest absolute Gasteiger partial charge is 0.486 e. The molecule has 5 N–H and O–H groups in total. The van der Waals surface area contributed by atoms with Gasteiger partial charge in [-0.3, -0.25) is 9.88 Å². The molecule has 2 aliphatic carbocycles. The van der Waals surface area contributed by atoms with Gasteiger partial charge in [-0.1, -0.05) is 0 Å². The predicted octanol–water partition coefficient (Wildman–Crippen LogP) is 5.01. The van der Waals surface area contributed by atoms with Crippen LogP contribution in [0.5, 0.6) is 11.5 Å². The molecule has 0 bridgehead atoms. The number of benzene rings is 2. The van der Waals surface area contributed by atoms with Gasteiger partial charge in [-0.25, -0.2) is 4.39 Å². The number of hydrogen-bond donors (Lipinski definition) is 1. The zero-order chi connectivity index (χ0) is 24.2. The Morgan fingerprint density at radius 3 is 2.55 bits per heavy atom. The molecule has 40 heavy (non-hydrogen) atoms. The topological polar surface area (TPSA) is 113 Å². The molecule has 3 heterocycles. The number of aromatic nitrogens is 2. The lowest BCUT2D eigenvalue weighted by molar-refractivity contribution is 0.0532. The lowest BCUT2D eigenvalue weighted by Gasteiger charge is -2.34. The van der Waals surface area contributed by atoms with Crippen LogP contribution in [0.3, 0.4) is 0 Å². The third-order valence-corrected chi connectivity index (χ3v) is 8.08. The number of H-pyrrole nitrogens is 1. The van der Waals surface area contributed by atoms with Crippen molar-refractivity contribution in [3.05, 3.63) is 65.2 Å². The van der Waals surface area contributed by atoms with Gasteiger partial charge in [0, 0.05) is 47.3 Å². The summed E-state index contributed by atoms with van der Waals surface area (Å²) in [5.74, 6) is 2.84. The van der Waals surface area contributed by atoms with E-state index < -0.39 is 0 Å². The van der Waals surface area contributed by atoms with Gasteiger partial charge in [0.2, 0.25) is 0 Å². The van der Waals surface area contributed by atoms with Crippen LogP contribution in [-0.2, 0) is 12.8 Å². The number of aryl methyl sites for hydroxylation is 2. The van der Waals surface area contributed by atoms with Crippen LogP contribution >= 0.6 is 24.8 Å². The minimum atomic E-state index is -0.158. The Morgan fingerprint density at radius 1 is 0.950 bits per heavy atom. The number of nitrogens with zero attached hydrogens (tertiary/aromatic N) is 2. The molecule has 0 amide bonds. The minimum Gasteiger partial charge on any atom is -0.486 e. The van der Waals surface area contributed by atoms with Gasteiger partial charge in [0.15, 0.2) is 11.5 Å². The van der Waals surface area contributed by atoms with Crippen molar-refractivity contribution in [2.24, 2.45) is 11.8 Å². The summed E-state index contributed by atoms with van der Waals surface area (Å²) in [6.45, 7) is 5.60. The van der Waals surface area contributed by atoms with E-state index in [1.807, 2.05) is 31.2 Å².